The van der Waals surface area contributed by atoms with Crippen LogP contribution in [-0.2, 0) is 16.6 Å². The molecule has 0 radical (unpaired) electrons. The van der Waals surface area contributed by atoms with Crippen molar-refractivity contribution in [1.29, 1.82) is 0 Å². The molecule has 0 saturated heterocycles. The smallest absolute Gasteiger partial charge is 0.261 e. The minimum atomic E-state index is -3.79. The van der Waals surface area contributed by atoms with E-state index in [9.17, 15) is 12.8 Å². The number of nitrogens with two attached hydrogens (primary N) is 1. The molecule has 0 heterocycles. The number of hydrogen-bond donors (Lipinski definition) is 2. The van der Waals surface area contributed by atoms with Gasteiger partial charge in [-0.2, -0.15) is 0 Å². The van der Waals surface area contributed by atoms with Crippen molar-refractivity contribution < 1.29 is 12.8 Å². The van der Waals surface area contributed by atoms with E-state index in [1.54, 1.807) is 12.1 Å². The highest BCUT2D eigenvalue weighted by Gasteiger charge is 2.14. The van der Waals surface area contributed by atoms with Gasteiger partial charge in [0.2, 0.25) is 0 Å². The average Bonchev–Trinajstić information content (AvgIpc) is 2.37. The molecule has 106 valence electrons. The van der Waals surface area contributed by atoms with E-state index in [2.05, 4.69) is 4.72 Å². The van der Waals surface area contributed by atoms with Crippen molar-refractivity contribution in [1.82, 2.24) is 0 Å². The van der Waals surface area contributed by atoms with Gasteiger partial charge in [-0.15, -0.1) is 0 Å². The SMILES string of the molecule is NCc1ccc(S(=O)(=O)Nc2cc(F)cc(Cl)c2)cc1. The van der Waals surface area contributed by atoms with Crippen LogP contribution in [-0.4, -0.2) is 8.42 Å². The van der Waals surface area contributed by atoms with Crippen LogP contribution in [0.4, 0.5) is 10.1 Å². The molecule has 0 bridgehead atoms. The summed E-state index contributed by atoms with van der Waals surface area (Å²) in [4.78, 5) is 0.0649. The molecule has 0 fully saturated rings. The highest BCUT2D eigenvalue weighted by molar-refractivity contribution is 7.92. The minimum absolute atomic E-state index is 0.0649. The Morgan fingerprint density at radius 2 is 1.80 bits per heavy atom. The first-order chi connectivity index (χ1) is 9.40. The van der Waals surface area contributed by atoms with Gasteiger partial charge in [-0.1, -0.05) is 23.7 Å². The fourth-order valence-electron chi connectivity index (χ4n) is 1.63. The van der Waals surface area contributed by atoms with Crippen LogP contribution in [0.2, 0.25) is 5.02 Å². The summed E-state index contributed by atoms with van der Waals surface area (Å²) in [5.74, 6) is -0.617. The summed E-state index contributed by atoms with van der Waals surface area (Å²) in [6, 6.07) is 9.58. The molecule has 2 aromatic carbocycles. The van der Waals surface area contributed by atoms with Crippen molar-refractivity contribution in [2.45, 2.75) is 11.4 Å². The second-order valence-electron chi connectivity index (χ2n) is 4.11. The van der Waals surface area contributed by atoms with Crippen LogP contribution in [0.1, 0.15) is 5.56 Å². The topological polar surface area (TPSA) is 72.2 Å². The van der Waals surface area contributed by atoms with Crippen LogP contribution in [0.25, 0.3) is 0 Å². The van der Waals surface area contributed by atoms with E-state index in [0.717, 1.165) is 17.7 Å². The van der Waals surface area contributed by atoms with Gasteiger partial charge in [-0.05, 0) is 35.9 Å². The van der Waals surface area contributed by atoms with Crippen molar-refractivity contribution >= 4 is 27.3 Å². The van der Waals surface area contributed by atoms with E-state index in [4.69, 9.17) is 17.3 Å². The summed E-state index contributed by atoms with van der Waals surface area (Å²) in [6.45, 7) is 0.327. The lowest BCUT2D eigenvalue weighted by Gasteiger charge is -2.09. The van der Waals surface area contributed by atoms with E-state index in [0.29, 0.717) is 6.54 Å². The summed E-state index contributed by atoms with van der Waals surface area (Å²) in [5, 5.41) is 0.112. The summed E-state index contributed by atoms with van der Waals surface area (Å²) < 4.78 is 39.7. The maximum Gasteiger partial charge on any atom is 0.261 e. The molecule has 0 spiro atoms. The van der Waals surface area contributed by atoms with Crippen molar-refractivity contribution in [3.8, 4) is 0 Å². The average molecular weight is 315 g/mol. The fraction of sp³-hybridized carbons (Fsp3) is 0.0769. The van der Waals surface area contributed by atoms with E-state index < -0.39 is 15.8 Å². The largest absolute Gasteiger partial charge is 0.326 e. The lowest BCUT2D eigenvalue weighted by Crippen LogP contribution is -2.13. The Labute approximate surface area is 121 Å². The summed E-state index contributed by atoms with van der Waals surface area (Å²) in [6.07, 6.45) is 0. The molecule has 0 atom stereocenters. The molecule has 2 aromatic rings. The zero-order valence-electron chi connectivity index (χ0n) is 10.3. The first kappa shape index (κ1) is 14.8. The van der Waals surface area contributed by atoms with Crippen LogP contribution < -0.4 is 10.5 Å². The van der Waals surface area contributed by atoms with Gasteiger partial charge in [0.15, 0.2) is 0 Å². The predicted octanol–water partition coefficient (Wildman–Crippen LogP) is 2.74. The zero-order valence-corrected chi connectivity index (χ0v) is 11.9. The van der Waals surface area contributed by atoms with E-state index in [1.807, 2.05) is 0 Å². The van der Waals surface area contributed by atoms with Gasteiger partial charge >= 0.3 is 0 Å². The van der Waals surface area contributed by atoms with Gasteiger partial charge in [0, 0.05) is 11.6 Å². The first-order valence-electron chi connectivity index (χ1n) is 5.68. The number of rotatable bonds is 4. The maximum absolute atomic E-state index is 13.2. The van der Waals surface area contributed by atoms with Crippen molar-refractivity contribution in [2.24, 2.45) is 5.73 Å². The molecule has 3 N–H and O–H groups in total. The monoisotopic (exact) mass is 314 g/mol. The van der Waals surface area contributed by atoms with Gasteiger partial charge in [0.25, 0.3) is 10.0 Å². The number of sulfonamides is 1. The Morgan fingerprint density at radius 3 is 2.35 bits per heavy atom. The molecule has 0 aliphatic heterocycles. The second kappa shape index (κ2) is 5.78. The fourth-order valence-corrected chi connectivity index (χ4v) is 2.89. The Kier molecular flexibility index (Phi) is 4.27. The third kappa shape index (κ3) is 3.47. The lowest BCUT2D eigenvalue weighted by molar-refractivity contribution is 0.601. The summed E-state index contributed by atoms with van der Waals surface area (Å²) >= 11 is 5.68. The third-order valence-electron chi connectivity index (χ3n) is 2.58. The minimum Gasteiger partial charge on any atom is -0.326 e. The number of nitrogens with one attached hydrogen (secondary N) is 1. The number of anilines is 1. The van der Waals surface area contributed by atoms with E-state index in [1.165, 1.54) is 18.2 Å². The van der Waals surface area contributed by atoms with Crippen LogP contribution in [0, 0.1) is 5.82 Å². The molecule has 7 heteroatoms. The van der Waals surface area contributed by atoms with E-state index >= 15 is 0 Å². The molecule has 0 aromatic heterocycles. The third-order valence-corrected chi connectivity index (χ3v) is 4.20. The van der Waals surface area contributed by atoms with Gasteiger partial charge in [0.05, 0.1) is 10.6 Å². The molecular formula is C13H12ClFN2O2S. The van der Waals surface area contributed by atoms with E-state index in [-0.39, 0.29) is 15.6 Å². The highest BCUT2D eigenvalue weighted by atomic mass is 35.5. The summed E-state index contributed by atoms with van der Waals surface area (Å²) in [7, 11) is -3.79. The number of halogens is 2. The molecule has 4 nitrogen and oxygen atoms in total. The van der Waals surface area contributed by atoms with Crippen LogP contribution in [0.5, 0.6) is 0 Å². The molecule has 0 amide bonds. The zero-order chi connectivity index (χ0) is 14.8. The maximum atomic E-state index is 13.2. The molecule has 0 unspecified atom stereocenters. The van der Waals surface area contributed by atoms with Gasteiger partial charge in [-0.3, -0.25) is 4.72 Å². The molecule has 0 aliphatic carbocycles. The number of hydrogen-bond acceptors (Lipinski definition) is 3. The van der Waals surface area contributed by atoms with Gasteiger partial charge in [-0.25, -0.2) is 12.8 Å². The van der Waals surface area contributed by atoms with Crippen LogP contribution >= 0.6 is 11.6 Å². The quantitative estimate of drug-likeness (QED) is 0.911. The Balaban J connectivity index is 2.30. The van der Waals surface area contributed by atoms with Crippen LogP contribution in [0.15, 0.2) is 47.4 Å². The molecule has 20 heavy (non-hydrogen) atoms. The predicted molar refractivity (Wildman–Crippen MR) is 76.6 cm³/mol. The number of benzene rings is 2. The van der Waals surface area contributed by atoms with Crippen molar-refractivity contribution in [3.05, 3.63) is 58.9 Å². The lowest BCUT2D eigenvalue weighted by atomic mass is 10.2. The van der Waals surface area contributed by atoms with Gasteiger partial charge in [0.1, 0.15) is 5.82 Å². The van der Waals surface area contributed by atoms with Crippen LogP contribution in [0.3, 0.4) is 0 Å². The first-order valence-corrected chi connectivity index (χ1v) is 7.55. The summed E-state index contributed by atoms with van der Waals surface area (Å²) in [5.41, 5.74) is 6.33. The molecule has 2 rings (SSSR count). The Bertz CT molecular complexity index is 697. The molecule has 0 saturated carbocycles. The van der Waals surface area contributed by atoms with Crippen molar-refractivity contribution in [2.75, 3.05) is 4.72 Å². The standard InChI is InChI=1S/C13H12ClFN2O2S/c14-10-5-11(15)7-12(6-10)17-20(18,19)13-3-1-9(8-16)2-4-13/h1-7,17H,8,16H2. The Hall–Kier alpha value is -1.63. The highest BCUT2D eigenvalue weighted by Crippen LogP contribution is 2.21. The van der Waals surface area contributed by atoms with Crippen molar-refractivity contribution in [3.63, 3.8) is 0 Å². The molecule has 0 aliphatic rings. The van der Waals surface area contributed by atoms with Gasteiger partial charge < -0.3 is 5.73 Å². The second-order valence-corrected chi connectivity index (χ2v) is 6.23. The normalized spacial score (nSPS) is 11.3. The Morgan fingerprint density at radius 1 is 1.15 bits per heavy atom. The molecular weight excluding hydrogens is 303 g/mol.